The van der Waals surface area contributed by atoms with Gasteiger partial charge in [-0.15, -0.1) is 0 Å². The minimum absolute atomic E-state index is 0.244. The first kappa shape index (κ1) is 11.1. The average molecular weight is 237 g/mol. The first-order chi connectivity index (χ1) is 7.70. The second kappa shape index (κ2) is 4.61. The lowest BCUT2D eigenvalue weighted by atomic mass is 10.1. The SMILES string of the molecule is CCOc1nc(-c2cc(F)ccc2C)cs1. The summed E-state index contributed by atoms with van der Waals surface area (Å²) in [6, 6.07) is 4.71. The number of thiazole rings is 1. The number of hydrogen-bond donors (Lipinski definition) is 0. The molecule has 0 N–H and O–H groups in total. The van der Waals surface area contributed by atoms with E-state index in [9.17, 15) is 4.39 Å². The third-order valence-electron chi connectivity index (χ3n) is 2.23. The highest BCUT2D eigenvalue weighted by atomic mass is 32.1. The maximum Gasteiger partial charge on any atom is 0.273 e. The maximum absolute atomic E-state index is 13.1. The molecule has 2 rings (SSSR count). The molecular weight excluding hydrogens is 225 g/mol. The van der Waals surface area contributed by atoms with Gasteiger partial charge >= 0.3 is 0 Å². The Bertz CT molecular complexity index is 496. The van der Waals surface area contributed by atoms with E-state index in [1.54, 1.807) is 6.07 Å². The molecule has 0 amide bonds. The number of nitrogens with zero attached hydrogens (tertiary/aromatic N) is 1. The van der Waals surface area contributed by atoms with E-state index in [0.29, 0.717) is 11.8 Å². The largest absolute Gasteiger partial charge is 0.470 e. The highest BCUT2D eigenvalue weighted by Gasteiger charge is 2.08. The van der Waals surface area contributed by atoms with Crippen LogP contribution in [0.25, 0.3) is 11.3 Å². The van der Waals surface area contributed by atoms with Crippen LogP contribution in [0.15, 0.2) is 23.6 Å². The van der Waals surface area contributed by atoms with Gasteiger partial charge in [0.1, 0.15) is 5.82 Å². The molecule has 0 unspecified atom stereocenters. The van der Waals surface area contributed by atoms with E-state index in [4.69, 9.17) is 4.74 Å². The molecule has 84 valence electrons. The average Bonchev–Trinajstić information content (AvgIpc) is 2.71. The Kier molecular flexibility index (Phi) is 3.19. The number of halogens is 1. The van der Waals surface area contributed by atoms with E-state index in [-0.39, 0.29) is 5.82 Å². The quantitative estimate of drug-likeness (QED) is 0.812. The highest BCUT2D eigenvalue weighted by molar-refractivity contribution is 7.11. The van der Waals surface area contributed by atoms with Crippen molar-refractivity contribution in [2.45, 2.75) is 13.8 Å². The molecule has 1 aromatic heterocycles. The minimum atomic E-state index is -0.244. The first-order valence-corrected chi connectivity index (χ1v) is 5.93. The second-order valence-electron chi connectivity index (χ2n) is 3.39. The van der Waals surface area contributed by atoms with Crippen molar-refractivity contribution in [1.82, 2.24) is 4.98 Å². The van der Waals surface area contributed by atoms with Crippen molar-refractivity contribution in [3.8, 4) is 16.5 Å². The summed E-state index contributed by atoms with van der Waals surface area (Å²) in [4.78, 5) is 4.30. The molecule has 4 heteroatoms. The Morgan fingerprint density at radius 1 is 1.44 bits per heavy atom. The van der Waals surface area contributed by atoms with Crippen molar-refractivity contribution in [2.75, 3.05) is 6.61 Å². The van der Waals surface area contributed by atoms with E-state index in [1.165, 1.54) is 23.5 Å². The molecule has 2 nitrogen and oxygen atoms in total. The molecular formula is C12H12FNOS. The van der Waals surface area contributed by atoms with Crippen LogP contribution in [-0.2, 0) is 0 Å². The van der Waals surface area contributed by atoms with E-state index < -0.39 is 0 Å². The first-order valence-electron chi connectivity index (χ1n) is 5.05. The lowest BCUT2D eigenvalue weighted by Gasteiger charge is -2.02. The molecule has 2 aromatic rings. The van der Waals surface area contributed by atoms with Crippen LogP contribution >= 0.6 is 11.3 Å². The Hall–Kier alpha value is -1.42. The van der Waals surface area contributed by atoms with Gasteiger partial charge in [0.25, 0.3) is 5.19 Å². The van der Waals surface area contributed by atoms with E-state index in [2.05, 4.69) is 4.98 Å². The fourth-order valence-electron chi connectivity index (χ4n) is 1.44. The maximum atomic E-state index is 13.1. The zero-order chi connectivity index (χ0) is 11.5. The number of rotatable bonds is 3. The monoisotopic (exact) mass is 237 g/mol. The molecule has 16 heavy (non-hydrogen) atoms. The van der Waals surface area contributed by atoms with Crippen LogP contribution in [0.4, 0.5) is 4.39 Å². The smallest absolute Gasteiger partial charge is 0.273 e. The highest BCUT2D eigenvalue weighted by Crippen LogP contribution is 2.29. The Morgan fingerprint density at radius 3 is 3.00 bits per heavy atom. The zero-order valence-electron chi connectivity index (χ0n) is 9.16. The number of ether oxygens (including phenoxy) is 1. The van der Waals surface area contributed by atoms with Gasteiger partial charge in [-0.2, -0.15) is 0 Å². The van der Waals surface area contributed by atoms with Gasteiger partial charge in [0.2, 0.25) is 0 Å². The third-order valence-corrected chi connectivity index (χ3v) is 2.98. The van der Waals surface area contributed by atoms with Crippen LogP contribution in [0.2, 0.25) is 0 Å². The molecule has 0 bridgehead atoms. The van der Waals surface area contributed by atoms with Crippen LogP contribution in [0.5, 0.6) is 5.19 Å². The zero-order valence-corrected chi connectivity index (χ0v) is 9.97. The number of aryl methyl sites for hydroxylation is 1. The van der Waals surface area contributed by atoms with Crippen LogP contribution in [0.1, 0.15) is 12.5 Å². The van der Waals surface area contributed by atoms with Crippen molar-refractivity contribution >= 4 is 11.3 Å². The number of hydrogen-bond acceptors (Lipinski definition) is 3. The third kappa shape index (κ3) is 2.22. The Balaban J connectivity index is 2.38. The van der Waals surface area contributed by atoms with E-state index in [1.807, 2.05) is 19.2 Å². The Labute approximate surface area is 97.7 Å². The predicted molar refractivity (Wildman–Crippen MR) is 63.4 cm³/mol. The summed E-state index contributed by atoms with van der Waals surface area (Å²) in [5, 5.41) is 2.51. The van der Waals surface area contributed by atoms with Crippen molar-refractivity contribution in [3.05, 3.63) is 35.0 Å². The summed E-state index contributed by atoms with van der Waals surface area (Å²) in [5.41, 5.74) is 2.60. The summed E-state index contributed by atoms with van der Waals surface area (Å²) in [6.45, 7) is 4.44. The molecule has 0 atom stereocenters. The standard InChI is InChI=1S/C12H12FNOS/c1-3-15-12-14-11(7-16-12)10-6-9(13)5-4-8(10)2/h4-7H,3H2,1-2H3. The fourth-order valence-corrected chi connectivity index (χ4v) is 2.17. The molecule has 0 aliphatic heterocycles. The molecule has 0 aliphatic carbocycles. The minimum Gasteiger partial charge on any atom is -0.470 e. The summed E-state index contributed by atoms with van der Waals surface area (Å²) >= 11 is 1.43. The summed E-state index contributed by atoms with van der Waals surface area (Å²) in [6.07, 6.45) is 0. The molecule has 0 radical (unpaired) electrons. The van der Waals surface area contributed by atoms with Crippen LogP contribution < -0.4 is 4.74 Å². The summed E-state index contributed by atoms with van der Waals surface area (Å²) in [7, 11) is 0. The van der Waals surface area contributed by atoms with Gasteiger partial charge in [-0.05, 0) is 31.5 Å². The van der Waals surface area contributed by atoms with Gasteiger partial charge in [0, 0.05) is 10.9 Å². The van der Waals surface area contributed by atoms with Crippen molar-refractivity contribution in [3.63, 3.8) is 0 Å². The molecule has 0 saturated carbocycles. The number of benzene rings is 1. The molecule has 0 fully saturated rings. The lowest BCUT2D eigenvalue weighted by Crippen LogP contribution is -1.90. The van der Waals surface area contributed by atoms with E-state index >= 15 is 0 Å². The summed E-state index contributed by atoms with van der Waals surface area (Å²) in [5.74, 6) is -0.244. The second-order valence-corrected chi connectivity index (χ2v) is 4.21. The van der Waals surface area contributed by atoms with Gasteiger partial charge in [-0.1, -0.05) is 17.4 Å². The van der Waals surface area contributed by atoms with Crippen LogP contribution in [0, 0.1) is 12.7 Å². The topological polar surface area (TPSA) is 22.1 Å². The summed E-state index contributed by atoms with van der Waals surface area (Å²) < 4.78 is 18.4. The fraction of sp³-hybridized carbons (Fsp3) is 0.250. The van der Waals surface area contributed by atoms with Crippen molar-refractivity contribution < 1.29 is 9.13 Å². The van der Waals surface area contributed by atoms with E-state index in [0.717, 1.165) is 16.8 Å². The van der Waals surface area contributed by atoms with Gasteiger partial charge in [-0.25, -0.2) is 9.37 Å². The predicted octanol–water partition coefficient (Wildman–Crippen LogP) is 3.66. The molecule has 0 aliphatic rings. The van der Waals surface area contributed by atoms with Crippen LogP contribution in [-0.4, -0.2) is 11.6 Å². The molecule has 0 saturated heterocycles. The van der Waals surface area contributed by atoms with Crippen molar-refractivity contribution in [1.29, 1.82) is 0 Å². The van der Waals surface area contributed by atoms with Crippen LogP contribution in [0.3, 0.4) is 0 Å². The normalized spacial score (nSPS) is 10.4. The lowest BCUT2D eigenvalue weighted by molar-refractivity contribution is 0.338. The van der Waals surface area contributed by atoms with Crippen molar-refractivity contribution in [2.24, 2.45) is 0 Å². The van der Waals surface area contributed by atoms with Gasteiger partial charge < -0.3 is 4.74 Å². The van der Waals surface area contributed by atoms with Gasteiger partial charge in [0.15, 0.2) is 0 Å². The molecule has 1 aromatic carbocycles. The molecule has 0 spiro atoms. The Morgan fingerprint density at radius 2 is 2.25 bits per heavy atom. The molecule has 1 heterocycles. The number of aromatic nitrogens is 1. The van der Waals surface area contributed by atoms with Gasteiger partial charge in [-0.3, -0.25) is 0 Å². The van der Waals surface area contributed by atoms with Gasteiger partial charge in [0.05, 0.1) is 12.3 Å².